The molecular formula is C22H20O3SSe. The number of sulfone groups is 1. The van der Waals surface area contributed by atoms with Gasteiger partial charge in [0, 0.05) is 0 Å². The van der Waals surface area contributed by atoms with Crippen molar-refractivity contribution in [2.75, 3.05) is 0 Å². The van der Waals surface area contributed by atoms with Crippen molar-refractivity contribution in [3.8, 4) is 0 Å². The van der Waals surface area contributed by atoms with Gasteiger partial charge in [0.2, 0.25) is 0 Å². The molecule has 0 saturated heterocycles. The van der Waals surface area contributed by atoms with Gasteiger partial charge >= 0.3 is 167 Å². The van der Waals surface area contributed by atoms with Crippen molar-refractivity contribution in [1.82, 2.24) is 0 Å². The molecular weight excluding hydrogens is 423 g/mol. The van der Waals surface area contributed by atoms with E-state index < -0.39 is 28.4 Å². The van der Waals surface area contributed by atoms with Crippen LogP contribution in [0.5, 0.6) is 0 Å². The summed E-state index contributed by atoms with van der Waals surface area (Å²) >= 11 is -0.606. The van der Waals surface area contributed by atoms with Crippen LogP contribution in [0.1, 0.15) is 22.8 Å². The molecule has 0 aliphatic rings. The van der Waals surface area contributed by atoms with Gasteiger partial charge in [-0.15, -0.1) is 0 Å². The molecule has 0 amide bonds. The minimum atomic E-state index is -3.88. The molecule has 0 radical (unpaired) electrons. The van der Waals surface area contributed by atoms with Crippen LogP contribution >= 0.6 is 0 Å². The summed E-state index contributed by atoms with van der Waals surface area (Å²) < 4.78 is 26.5. The molecule has 138 valence electrons. The van der Waals surface area contributed by atoms with Gasteiger partial charge in [0.1, 0.15) is 0 Å². The summed E-state index contributed by atoms with van der Waals surface area (Å²) in [4.78, 5) is 13.6. The zero-order valence-corrected chi connectivity index (χ0v) is 17.7. The van der Waals surface area contributed by atoms with Crippen LogP contribution < -0.4 is 4.46 Å². The molecule has 0 saturated carbocycles. The van der Waals surface area contributed by atoms with E-state index in [1.165, 1.54) is 0 Å². The average molecular weight is 443 g/mol. The van der Waals surface area contributed by atoms with Gasteiger partial charge in [-0.2, -0.15) is 0 Å². The SMILES string of the molecule is Cc1ccc(S(=O)(=O)C(C)([Se]c2ccccc2)C(=O)c2ccccc2)cc1. The summed E-state index contributed by atoms with van der Waals surface area (Å²) in [6.45, 7) is 3.46. The number of carbonyl (C=O) groups excluding carboxylic acids is 1. The van der Waals surface area contributed by atoms with E-state index in [9.17, 15) is 13.2 Å². The summed E-state index contributed by atoms with van der Waals surface area (Å²) in [5.74, 6) is -0.368. The second kappa shape index (κ2) is 7.81. The van der Waals surface area contributed by atoms with Gasteiger partial charge < -0.3 is 0 Å². The van der Waals surface area contributed by atoms with Crippen LogP contribution in [-0.2, 0) is 9.84 Å². The summed E-state index contributed by atoms with van der Waals surface area (Å²) in [7, 11) is -3.88. The summed E-state index contributed by atoms with van der Waals surface area (Å²) in [5.41, 5.74) is 1.38. The first-order valence-electron chi connectivity index (χ1n) is 8.50. The second-order valence-electron chi connectivity index (χ2n) is 6.37. The first-order valence-corrected chi connectivity index (χ1v) is 11.7. The molecule has 3 rings (SSSR count). The molecule has 0 heterocycles. The predicted octanol–water partition coefficient (Wildman–Crippen LogP) is 3.40. The van der Waals surface area contributed by atoms with Crippen LogP contribution in [0, 0.1) is 6.92 Å². The standard InChI is InChI=1S/C22H20O3SSe/c1-17-13-15-19(16-14-17)26(24,25)22(2,27-20-11-7-4-8-12-20)21(23)18-9-5-3-6-10-18/h3-16H,1-2H3. The number of Topliss-reactive ketones (excluding diaryl/α,β-unsaturated/α-hetero) is 1. The summed E-state index contributed by atoms with van der Waals surface area (Å²) in [6, 6.07) is 24.7. The third-order valence-electron chi connectivity index (χ3n) is 4.35. The van der Waals surface area contributed by atoms with E-state index >= 15 is 0 Å². The van der Waals surface area contributed by atoms with E-state index in [0.717, 1.165) is 10.0 Å². The van der Waals surface area contributed by atoms with Crippen molar-refractivity contribution >= 4 is 35.0 Å². The molecule has 0 aliphatic heterocycles. The number of rotatable bonds is 6. The number of aryl methyl sites for hydroxylation is 1. The first kappa shape index (κ1) is 19.6. The van der Waals surface area contributed by atoms with Gasteiger partial charge in [-0.25, -0.2) is 0 Å². The average Bonchev–Trinajstić information content (AvgIpc) is 2.69. The Balaban J connectivity index is 2.14. The van der Waals surface area contributed by atoms with E-state index in [1.807, 2.05) is 43.3 Å². The molecule has 0 N–H and O–H groups in total. The number of benzene rings is 3. The molecule has 3 aromatic rings. The Morgan fingerprint density at radius 3 is 1.89 bits per heavy atom. The van der Waals surface area contributed by atoms with E-state index in [4.69, 9.17) is 0 Å². The van der Waals surface area contributed by atoms with Crippen molar-refractivity contribution in [2.24, 2.45) is 0 Å². The van der Waals surface area contributed by atoms with Gasteiger partial charge in [0.15, 0.2) is 0 Å². The quantitative estimate of drug-likeness (QED) is 0.434. The Morgan fingerprint density at radius 1 is 0.815 bits per heavy atom. The molecule has 0 fully saturated rings. The Bertz CT molecular complexity index is 1030. The van der Waals surface area contributed by atoms with Crippen LogP contribution in [-0.4, -0.2) is 32.8 Å². The molecule has 0 spiro atoms. The van der Waals surface area contributed by atoms with Gasteiger partial charge in [0.05, 0.1) is 0 Å². The maximum atomic E-state index is 13.6. The van der Waals surface area contributed by atoms with Gasteiger partial charge in [0.25, 0.3) is 0 Å². The van der Waals surface area contributed by atoms with Crippen molar-refractivity contribution in [3.05, 3.63) is 96.1 Å². The van der Waals surface area contributed by atoms with Crippen LogP contribution in [0.15, 0.2) is 89.8 Å². The molecule has 0 aliphatic carbocycles. The number of hydrogen-bond acceptors (Lipinski definition) is 3. The summed E-state index contributed by atoms with van der Waals surface area (Å²) in [6.07, 6.45) is 0. The van der Waals surface area contributed by atoms with E-state index in [1.54, 1.807) is 55.5 Å². The van der Waals surface area contributed by atoms with Crippen molar-refractivity contribution in [3.63, 3.8) is 0 Å². The fourth-order valence-electron chi connectivity index (χ4n) is 2.73. The third-order valence-corrected chi connectivity index (χ3v) is 10.5. The maximum absolute atomic E-state index is 13.6. The van der Waals surface area contributed by atoms with Crippen LogP contribution in [0.3, 0.4) is 0 Å². The molecule has 1 atom stereocenters. The number of hydrogen-bond donors (Lipinski definition) is 0. The fraction of sp³-hybridized carbons (Fsp3) is 0.136. The second-order valence-corrected chi connectivity index (χ2v) is 12.4. The van der Waals surface area contributed by atoms with E-state index in [2.05, 4.69) is 0 Å². The molecule has 1 unspecified atom stereocenters. The van der Waals surface area contributed by atoms with E-state index in [0.29, 0.717) is 5.56 Å². The van der Waals surface area contributed by atoms with Crippen molar-refractivity contribution < 1.29 is 13.2 Å². The fourth-order valence-corrected chi connectivity index (χ4v) is 7.94. The van der Waals surface area contributed by atoms with Crippen LogP contribution in [0.2, 0.25) is 0 Å². The molecule has 0 aromatic heterocycles. The predicted molar refractivity (Wildman–Crippen MR) is 109 cm³/mol. The van der Waals surface area contributed by atoms with Gasteiger partial charge in [-0.3, -0.25) is 0 Å². The number of ketones is 1. The Hall–Kier alpha value is -2.20. The van der Waals surface area contributed by atoms with Crippen molar-refractivity contribution in [1.29, 1.82) is 0 Å². The van der Waals surface area contributed by atoms with Crippen molar-refractivity contribution in [2.45, 2.75) is 22.4 Å². The molecule has 5 heteroatoms. The Morgan fingerprint density at radius 2 is 1.33 bits per heavy atom. The molecule has 27 heavy (non-hydrogen) atoms. The Labute approximate surface area is 166 Å². The zero-order valence-electron chi connectivity index (χ0n) is 15.1. The van der Waals surface area contributed by atoms with Gasteiger partial charge in [-0.1, -0.05) is 0 Å². The van der Waals surface area contributed by atoms with Crippen LogP contribution in [0.25, 0.3) is 0 Å². The normalized spacial score (nSPS) is 13.7. The van der Waals surface area contributed by atoms with Crippen LogP contribution in [0.4, 0.5) is 0 Å². The first-order chi connectivity index (χ1) is 12.8. The Kier molecular flexibility index (Phi) is 5.66. The molecule has 3 aromatic carbocycles. The van der Waals surface area contributed by atoms with E-state index in [-0.39, 0.29) is 10.7 Å². The topological polar surface area (TPSA) is 51.2 Å². The zero-order chi connectivity index (χ0) is 19.5. The third kappa shape index (κ3) is 3.91. The molecule has 3 nitrogen and oxygen atoms in total. The summed E-state index contributed by atoms with van der Waals surface area (Å²) in [5, 5.41) is 0. The number of carbonyl (C=O) groups is 1. The van der Waals surface area contributed by atoms with Gasteiger partial charge in [-0.05, 0) is 0 Å². The minimum absolute atomic E-state index is 0.178. The molecule has 0 bridgehead atoms. The monoisotopic (exact) mass is 444 g/mol.